The van der Waals surface area contributed by atoms with Crippen molar-refractivity contribution in [2.75, 3.05) is 4.90 Å². The molecular weight excluding hydrogens is 334 g/mol. The lowest BCUT2D eigenvalue weighted by Gasteiger charge is -2.49. The smallest absolute Gasteiger partial charge is 0.299 e. The van der Waals surface area contributed by atoms with Crippen LogP contribution < -0.4 is 4.90 Å². The van der Waals surface area contributed by atoms with E-state index in [4.69, 9.17) is 11.6 Å². The summed E-state index contributed by atoms with van der Waals surface area (Å²) in [6, 6.07) is 11.8. The summed E-state index contributed by atoms with van der Waals surface area (Å²) in [5.74, 6) is -0.807. The Kier molecular flexibility index (Phi) is 3.24. The standard InChI is InChI=1S/C21H20ClNO2/c1-12-9-15-17-16(10-12)21(4,13-5-7-14(22)8-6-13)11-20(2,3)23(17)19(25)18(15)24/h5-10H,11H2,1-4H3. The summed E-state index contributed by atoms with van der Waals surface area (Å²) in [4.78, 5) is 26.9. The Balaban J connectivity index is 2.06. The van der Waals surface area contributed by atoms with Crippen LogP contribution in [0, 0.1) is 6.92 Å². The van der Waals surface area contributed by atoms with Crippen LogP contribution >= 0.6 is 11.6 Å². The van der Waals surface area contributed by atoms with E-state index in [1.165, 1.54) is 0 Å². The number of Topliss-reactive ketones (excluding diaryl/α,β-unsaturated/α-hetero) is 1. The molecule has 4 heteroatoms. The molecule has 0 aliphatic carbocycles. The van der Waals surface area contributed by atoms with Crippen molar-refractivity contribution in [2.45, 2.75) is 45.1 Å². The highest BCUT2D eigenvalue weighted by atomic mass is 35.5. The summed E-state index contributed by atoms with van der Waals surface area (Å²) in [7, 11) is 0. The minimum atomic E-state index is -0.450. The highest BCUT2D eigenvalue weighted by Crippen LogP contribution is 2.54. The summed E-state index contributed by atoms with van der Waals surface area (Å²) in [5.41, 5.74) is 3.76. The highest BCUT2D eigenvalue weighted by molar-refractivity contribution is 6.53. The van der Waals surface area contributed by atoms with Gasteiger partial charge in [-0.2, -0.15) is 0 Å². The third-order valence-corrected chi connectivity index (χ3v) is 5.84. The maximum atomic E-state index is 12.7. The zero-order valence-electron chi connectivity index (χ0n) is 14.8. The first-order valence-electron chi connectivity index (χ1n) is 8.45. The molecule has 1 atom stereocenters. The van der Waals surface area contributed by atoms with Crippen LogP contribution in [0.3, 0.4) is 0 Å². The Bertz CT molecular complexity index is 930. The number of aryl methyl sites for hydroxylation is 1. The molecule has 1 amide bonds. The molecule has 1 unspecified atom stereocenters. The van der Waals surface area contributed by atoms with Crippen LogP contribution in [0.1, 0.15) is 54.2 Å². The fourth-order valence-corrected chi connectivity index (χ4v) is 4.75. The van der Waals surface area contributed by atoms with E-state index in [1.54, 1.807) is 4.90 Å². The highest BCUT2D eigenvalue weighted by Gasteiger charge is 2.53. The molecule has 128 valence electrons. The normalized spacial score (nSPS) is 23.8. The third-order valence-electron chi connectivity index (χ3n) is 5.59. The Hall–Kier alpha value is -2.13. The molecule has 2 aliphatic heterocycles. The Morgan fingerprint density at radius 2 is 1.68 bits per heavy atom. The van der Waals surface area contributed by atoms with Gasteiger partial charge in [0.1, 0.15) is 0 Å². The van der Waals surface area contributed by atoms with Crippen molar-refractivity contribution in [2.24, 2.45) is 0 Å². The zero-order chi connectivity index (χ0) is 18.1. The molecule has 2 aliphatic rings. The van der Waals surface area contributed by atoms with Gasteiger partial charge >= 0.3 is 0 Å². The average Bonchev–Trinajstić information content (AvgIpc) is 2.78. The van der Waals surface area contributed by atoms with E-state index in [0.717, 1.165) is 28.8 Å². The van der Waals surface area contributed by atoms with Gasteiger partial charge in [-0.15, -0.1) is 0 Å². The van der Waals surface area contributed by atoms with Gasteiger partial charge in [0.2, 0.25) is 0 Å². The fraction of sp³-hybridized carbons (Fsp3) is 0.333. The first-order chi connectivity index (χ1) is 11.6. The molecule has 2 aromatic rings. The Labute approximate surface area is 152 Å². The van der Waals surface area contributed by atoms with E-state index < -0.39 is 17.2 Å². The summed E-state index contributed by atoms with van der Waals surface area (Å²) < 4.78 is 0. The molecular formula is C21H20ClNO2. The van der Waals surface area contributed by atoms with Crippen LogP contribution in [-0.4, -0.2) is 17.2 Å². The van der Waals surface area contributed by atoms with E-state index in [0.29, 0.717) is 10.6 Å². The lowest BCUT2D eigenvalue weighted by Crippen LogP contribution is -2.54. The van der Waals surface area contributed by atoms with Gasteiger partial charge in [0, 0.05) is 16.0 Å². The number of carbonyl (C=O) groups excluding carboxylic acids is 2. The zero-order valence-corrected chi connectivity index (χ0v) is 15.6. The summed E-state index contributed by atoms with van der Waals surface area (Å²) in [6.07, 6.45) is 0.733. The number of nitrogens with zero attached hydrogens (tertiary/aromatic N) is 1. The number of halogens is 1. The van der Waals surface area contributed by atoms with Crippen LogP contribution in [0.2, 0.25) is 5.02 Å². The summed E-state index contributed by atoms with van der Waals surface area (Å²) >= 11 is 6.08. The summed E-state index contributed by atoms with van der Waals surface area (Å²) in [6.45, 7) is 8.23. The van der Waals surface area contributed by atoms with Crippen molar-refractivity contribution in [1.82, 2.24) is 0 Å². The van der Waals surface area contributed by atoms with E-state index >= 15 is 0 Å². The molecule has 0 spiro atoms. The van der Waals surface area contributed by atoms with Gasteiger partial charge in [-0.3, -0.25) is 14.5 Å². The minimum absolute atomic E-state index is 0.300. The predicted octanol–water partition coefficient (Wildman–Crippen LogP) is 4.67. The molecule has 0 saturated carbocycles. The van der Waals surface area contributed by atoms with Crippen molar-refractivity contribution in [1.29, 1.82) is 0 Å². The molecule has 0 fully saturated rings. The Morgan fingerprint density at radius 1 is 1.04 bits per heavy atom. The predicted molar refractivity (Wildman–Crippen MR) is 99.6 cm³/mol. The topological polar surface area (TPSA) is 37.4 Å². The van der Waals surface area contributed by atoms with Gasteiger partial charge in [-0.05, 0) is 62.1 Å². The Morgan fingerprint density at radius 3 is 2.32 bits per heavy atom. The maximum Gasteiger partial charge on any atom is 0.299 e. The van der Waals surface area contributed by atoms with Gasteiger partial charge < -0.3 is 0 Å². The number of carbonyl (C=O) groups is 2. The van der Waals surface area contributed by atoms with E-state index in [1.807, 2.05) is 51.1 Å². The lowest BCUT2D eigenvalue weighted by molar-refractivity contribution is -0.115. The lowest BCUT2D eigenvalue weighted by atomic mass is 9.65. The molecule has 4 rings (SSSR count). The molecule has 2 aromatic carbocycles. The van der Waals surface area contributed by atoms with Gasteiger partial charge in [-0.25, -0.2) is 0 Å². The molecule has 2 heterocycles. The monoisotopic (exact) mass is 353 g/mol. The van der Waals surface area contributed by atoms with Gasteiger partial charge in [0.05, 0.1) is 11.3 Å². The largest absolute Gasteiger partial charge is 0.299 e. The van der Waals surface area contributed by atoms with Crippen molar-refractivity contribution in [3.63, 3.8) is 0 Å². The summed E-state index contributed by atoms with van der Waals surface area (Å²) in [5, 5.41) is 0.698. The number of ketones is 1. The van der Waals surface area contributed by atoms with Crippen molar-refractivity contribution >= 4 is 29.0 Å². The maximum absolute atomic E-state index is 12.7. The van der Waals surface area contributed by atoms with E-state index in [9.17, 15) is 9.59 Å². The molecule has 0 saturated heterocycles. The number of anilines is 1. The van der Waals surface area contributed by atoms with Crippen molar-refractivity contribution in [3.8, 4) is 0 Å². The number of hydrogen-bond donors (Lipinski definition) is 0. The molecule has 0 bridgehead atoms. The number of benzene rings is 2. The third kappa shape index (κ3) is 2.12. The van der Waals surface area contributed by atoms with Crippen LogP contribution in [0.15, 0.2) is 36.4 Å². The molecule has 0 aromatic heterocycles. The second-order valence-corrected chi connectivity index (χ2v) is 8.44. The van der Waals surface area contributed by atoms with Crippen LogP contribution in [0.5, 0.6) is 0 Å². The number of amides is 1. The minimum Gasteiger partial charge on any atom is -0.299 e. The SMILES string of the molecule is Cc1cc2c3c(c1)C(C)(c1ccc(Cl)cc1)CC(C)(C)N3C(=O)C2=O. The number of rotatable bonds is 1. The van der Waals surface area contributed by atoms with Crippen molar-refractivity contribution < 1.29 is 9.59 Å². The number of hydrogen-bond acceptors (Lipinski definition) is 2. The van der Waals surface area contributed by atoms with Gasteiger partial charge in [-0.1, -0.05) is 36.7 Å². The molecule has 0 radical (unpaired) electrons. The fourth-order valence-electron chi connectivity index (χ4n) is 4.62. The van der Waals surface area contributed by atoms with Crippen LogP contribution in [0.4, 0.5) is 5.69 Å². The van der Waals surface area contributed by atoms with E-state index in [-0.39, 0.29) is 5.41 Å². The van der Waals surface area contributed by atoms with Gasteiger partial charge in [0.15, 0.2) is 0 Å². The molecule has 25 heavy (non-hydrogen) atoms. The molecule has 3 nitrogen and oxygen atoms in total. The van der Waals surface area contributed by atoms with Crippen molar-refractivity contribution in [3.05, 3.63) is 63.7 Å². The van der Waals surface area contributed by atoms with Crippen LogP contribution in [0.25, 0.3) is 0 Å². The van der Waals surface area contributed by atoms with Gasteiger partial charge in [0.25, 0.3) is 11.7 Å². The first kappa shape index (κ1) is 16.3. The quantitative estimate of drug-likeness (QED) is 0.699. The second-order valence-electron chi connectivity index (χ2n) is 8.01. The average molecular weight is 354 g/mol. The first-order valence-corrected chi connectivity index (χ1v) is 8.83. The molecule has 0 N–H and O–H groups in total. The van der Waals surface area contributed by atoms with E-state index in [2.05, 4.69) is 13.0 Å². The van der Waals surface area contributed by atoms with Crippen LogP contribution in [-0.2, 0) is 10.2 Å². The second kappa shape index (κ2) is 4.95.